The van der Waals surface area contributed by atoms with Gasteiger partial charge in [-0.15, -0.1) is 0 Å². The fraction of sp³-hybridized carbons (Fsp3) is 0.250. The molecule has 0 radical (unpaired) electrons. The van der Waals surface area contributed by atoms with Crippen LogP contribution in [-0.2, 0) is 9.57 Å². The summed E-state index contributed by atoms with van der Waals surface area (Å²) in [5, 5.41) is 3.98. The van der Waals surface area contributed by atoms with E-state index in [2.05, 4.69) is 5.16 Å². The highest BCUT2D eigenvalue weighted by Gasteiger charge is 2.17. The molecule has 78 valence electrons. The molecule has 15 heavy (non-hydrogen) atoms. The Kier molecular flexibility index (Phi) is 2.47. The van der Waals surface area contributed by atoms with Gasteiger partial charge in [-0.1, -0.05) is 35.5 Å². The molecule has 0 bridgehead atoms. The van der Waals surface area contributed by atoms with Crippen molar-refractivity contribution in [1.82, 2.24) is 0 Å². The van der Waals surface area contributed by atoms with Crippen LogP contribution in [0.4, 0.5) is 0 Å². The molecule has 0 fully saturated rings. The highest BCUT2D eigenvalue weighted by molar-refractivity contribution is 6.09. The van der Waals surface area contributed by atoms with Crippen molar-refractivity contribution >= 4 is 5.71 Å². The number of oxime groups is 1. The van der Waals surface area contributed by atoms with Crippen molar-refractivity contribution in [2.24, 2.45) is 5.16 Å². The average molecular weight is 204 g/mol. The van der Waals surface area contributed by atoms with Crippen molar-refractivity contribution in [3.05, 3.63) is 47.5 Å². The lowest BCUT2D eigenvalue weighted by Crippen LogP contribution is -2.20. The average Bonchev–Trinajstić information content (AvgIpc) is 2.39. The van der Waals surface area contributed by atoms with E-state index in [-0.39, 0.29) is 6.90 Å². The summed E-state index contributed by atoms with van der Waals surface area (Å²) in [7, 11) is 1.54. The zero-order valence-electron chi connectivity index (χ0n) is 9.51. The van der Waals surface area contributed by atoms with Crippen LogP contribution < -0.4 is 0 Å². The van der Waals surface area contributed by atoms with Crippen molar-refractivity contribution in [2.75, 3.05) is 7.11 Å². The third-order valence-electron chi connectivity index (χ3n) is 2.16. The van der Waals surface area contributed by atoms with E-state index in [1.807, 2.05) is 36.4 Å². The molecule has 0 saturated carbocycles. The lowest BCUT2D eigenvalue weighted by molar-refractivity contribution is -0.0989. The summed E-state index contributed by atoms with van der Waals surface area (Å²) in [4.78, 5) is 5.18. The Morgan fingerprint density at radius 1 is 1.40 bits per heavy atom. The minimum absolute atomic E-state index is 0.143. The maximum atomic E-state index is 7.40. The topological polar surface area (TPSA) is 30.8 Å². The van der Waals surface area contributed by atoms with Crippen molar-refractivity contribution in [3.8, 4) is 0 Å². The summed E-state index contributed by atoms with van der Waals surface area (Å²) in [6, 6.07) is 9.73. The Bertz CT molecular complexity index is 414. The van der Waals surface area contributed by atoms with Gasteiger partial charge < -0.3 is 9.57 Å². The predicted octanol–water partition coefficient (Wildman–Crippen LogP) is 2.34. The first-order chi connectivity index (χ1) is 7.85. The fourth-order valence-electron chi connectivity index (χ4n) is 1.38. The Labute approximate surface area is 90.4 Å². The first-order valence-electron chi connectivity index (χ1n) is 5.37. The summed E-state index contributed by atoms with van der Waals surface area (Å²) in [6.07, 6.45) is 1.32. The van der Waals surface area contributed by atoms with Crippen LogP contribution in [0.5, 0.6) is 0 Å². The van der Waals surface area contributed by atoms with Crippen LogP contribution in [0.1, 0.15) is 13.8 Å². The largest absolute Gasteiger partial charge is 0.358 e. The summed E-state index contributed by atoms with van der Waals surface area (Å²) < 4.78 is 12.5. The summed E-state index contributed by atoms with van der Waals surface area (Å²) in [6.45, 7) is 0.143. The number of allylic oxidation sites excluding steroid dienone is 1. The summed E-state index contributed by atoms with van der Waals surface area (Å²) in [5.41, 5.74) is 2.48. The zero-order valence-corrected chi connectivity index (χ0v) is 8.51. The SMILES string of the molecule is [2H]CC1=CC(c2ccccc2)=NOC1OC. The van der Waals surface area contributed by atoms with Gasteiger partial charge in [-0.3, -0.25) is 0 Å². The molecule has 0 spiro atoms. The van der Waals surface area contributed by atoms with Crippen LogP contribution in [-0.4, -0.2) is 19.1 Å². The molecule has 3 nitrogen and oxygen atoms in total. The van der Waals surface area contributed by atoms with Gasteiger partial charge in [0.2, 0.25) is 6.29 Å². The maximum Gasteiger partial charge on any atom is 0.248 e. The number of rotatable bonds is 2. The van der Waals surface area contributed by atoms with E-state index in [9.17, 15) is 0 Å². The monoisotopic (exact) mass is 204 g/mol. The third kappa shape index (κ3) is 2.07. The molecule has 1 aromatic rings. The third-order valence-corrected chi connectivity index (χ3v) is 2.16. The van der Waals surface area contributed by atoms with Crippen molar-refractivity contribution in [3.63, 3.8) is 0 Å². The van der Waals surface area contributed by atoms with Gasteiger partial charge in [0, 0.05) is 14.0 Å². The van der Waals surface area contributed by atoms with E-state index in [0.29, 0.717) is 0 Å². The zero-order chi connectivity index (χ0) is 11.4. The quantitative estimate of drug-likeness (QED) is 0.740. The van der Waals surface area contributed by atoms with E-state index in [1.54, 1.807) is 0 Å². The van der Waals surface area contributed by atoms with E-state index in [4.69, 9.17) is 10.9 Å². The molecule has 0 aromatic heterocycles. The normalized spacial score (nSPS) is 21.1. The van der Waals surface area contributed by atoms with Crippen LogP contribution in [0.25, 0.3) is 0 Å². The van der Waals surface area contributed by atoms with Crippen molar-refractivity contribution in [2.45, 2.75) is 13.2 Å². The molecular weight excluding hydrogens is 190 g/mol. The van der Waals surface area contributed by atoms with Crippen LogP contribution in [0.3, 0.4) is 0 Å². The second-order valence-electron chi connectivity index (χ2n) is 3.23. The van der Waals surface area contributed by atoms with Gasteiger partial charge >= 0.3 is 0 Å². The van der Waals surface area contributed by atoms with Crippen LogP contribution in [0.2, 0.25) is 0 Å². The second kappa shape index (κ2) is 4.28. The number of hydrogen-bond acceptors (Lipinski definition) is 3. The standard InChI is InChI=1S/C12H13NO2/c1-9-8-11(13-15-12(9)14-2)10-6-4-3-5-7-10/h3-8,12H,1-2H3/i1D. The van der Waals surface area contributed by atoms with Crippen LogP contribution in [0.15, 0.2) is 47.1 Å². The molecular formula is C12H13NO2. The Morgan fingerprint density at radius 2 is 2.20 bits per heavy atom. The molecule has 0 aliphatic carbocycles. The molecule has 0 N–H and O–H groups in total. The van der Waals surface area contributed by atoms with Gasteiger partial charge in [0.1, 0.15) is 5.71 Å². The van der Waals surface area contributed by atoms with Gasteiger partial charge in [0.25, 0.3) is 0 Å². The smallest absolute Gasteiger partial charge is 0.248 e. The van der Waals surface area contributed by atoms with Crippen LogP contribution in [0, 0.1) is 0 Å². The van der Waals surface area contributed by atoms with Gasteiger partial charge in [-0.05, 0) is 18.5 Å². The first kappa shape index (κ1) is 8.68. The molecule has 1 unspecified atom stereocenters. The highest BCUT2D eigenvalue weighted by atomic mass is 16.8. The number of methoxy groups -OCH3 is 1. The fourth-order valence-corrected chi connectivity index (χ4v) is 1.38. The highest BCUT2D eigenvalue weighted by Crippen LogP contribution is 2.16. The molecule has 1 aliphatic rings. The Hall–Kier alpha value is -1.61. The number of hydrogen-bond donors (Lipinski definition) is 0. The second-order valence-corrected chi connectivity index (χ2v) is 3.23. The van der Waals surface area contributed by atoms with Crippen molar-refractivity contribution in [1.29, 1.82) is 0 Å². The first-order valence-corrected chi connectivity index (χ1v) is 4.67. The molecule has 0 saturated heterocycles. The van der Waals surface area contributed by atoms with E-state index >= 15 is 0 Å². The summed E-state index contributed by atoms with van der Waals surface area (Å²) >= 11 is 0. The Balaban J connectivity index is 2.26. The molecule has 1 aromatic carbocycles. The maximum absolute atomic E-state index is 7.40. The summed E-state index contributed by atoms with van der Waals surface area (Å²) in [5.74, 6) is 0. The minimum atomic E-state index is -0.523. The number of ether oxygens (including phenoxy) is 1. The lowest BCUT2D eigenvalue weighted by atomic mass is 10.1. The van der Waals surface area contributed by atoms with E-state index in [1.165, 1.54) is 7.11 Å². The molecule has 3 heteroatoms. The van der Waals surface area contributed by atoms with Gasteiger partial charge in [0.05, 0.1) is 0 Å². The van der Waals surface area contributed by atoms with Gasteiger partial charge in [0.15, 0.2) is 0 Å². The Morgan fingerprint density at radius 3 is 2.87 bits per heavy atom. The molecule has 1 aliphatic heterocycles. The van der Waals surface area contributed by atoms with Crippen LogP contribution >= 0.6 is 0 Å². The number of nitrogens with zero attached hydrogens (tertiary/aromatic N) is 1. The van der Waals surface area contributed by atoms with E-state index < -0.39 is 6.29 Å². The predicted molar refractivity (Wildman–Crippen MR) is 58.6 cm³/mol. The molecule has 0 amide bonds. The lowest BCUT2D eigenvalue weighted by Gasteiger charge is -2.18. The number of benzene rings is 1. The van der Waals surface area contributed by atoms with Gasteiger partial charge in [-0.25, -0.2) is 0 Å². The van der Waals surface area contributed by atoms with E-state index in [0.717, 1.165) is 16.8 Å². The minimum Gasteiger partial charge on any atom is -0.358 e. The molecule has 2 rings (SSSR count). The van der Waals surface area contributed by atoms with Gasteiger partial charge in [-0.2, -0.15) is 0 Å². The molecule has 1 heterocycles. The van der Waals surface area contributed by atoms with Crippen molar-refractivity contribution < 1.29 is 10.9 Å². The molecule has 1 atom stereocenters.